The second kappa shape index (κ2) is 9.57. The Morgan fingerprint density at radius 2 is 1.95 bits per heavy atom. The number of carboxylic acids is 1. The molecule has 3 amide bonds. The largest absolute Gasteiger partial charge is 0.490 e. The van der Waals surface area contributed by atoms with E-state index in [1.807, 2.05) is 18.3 Å². The average molecular weight is 522 g/mol. The van der Waals surface area contributed by atoms with Gasteiger partial charge in [-0.2, -0.15) is 13.2 Å². The van der Waals surface area contributed by atoms with Gasteiger partial charge in [-0.05, 0) is 63.5 Å². The van der Waals surface area contributed by atoms with E-state index in [1.54, 1.807) is 15.6 Å². The molecule has 198 valence electrons. The molecule has 0 saturated carbocycles. The Morgan fingerprint density at radius 3 is 2.54 bits per heavy atom. The first-order valence-electron chi connectivity index (χ1n) is 11.5. The maximum atomic E-state index is 12.8. The van der Waals surface area contributed by atoms with Crippen molar-refractivity contribution in [1.29, 1.82) is 0 Å². The molecule has 37 heavy (non-hydrogen) atoms. The van der Waals surface area contributed by atoms with E-state index in [9.17, 15) is 27.6 Å². The zero-order chi connectivity index (χ0) is 27.1. The van der Waals surface area contributed by atoms with Gasteiger partial charge in [0.1, 0.15) is 11.7 Å². The van der Waals surface area contributed by atoms with Crippen molar-refractivity contribution in [3.8, 4) is 5.69 Å². The van der Waals surface area contributed by atoms with Crippen LogP contribution in [-0.4, -0.2) is 79.4 Å². The first kappa shape index (κ1) is 26.3. The average Bonchev–Trinajstić information content (AvgIpc) is 3.53. The number of fused-ring (bicyclic) bond motifs is 1. The third kappa shape index (κ3) is 5.05. The lowest BCUT2D eigenvalue weighted by Crippen LogP contribution is -2.52. The highest BCUT2D eigenvalue weighted by atomic mass is 19.4. The van der Waals surface area contributed by atoms with Crippen LogP contribution in [0.2, 0.25) is 0 Å². The van der Waals surface area contributed by atoms with Gasteiger partial charge in [-0.3, -0.25) is 24.6 Å². The maximum absolute atomic E-state index is 12.8. The van der Waals surface area contributed by atoms with Gasteiger partial charge in [-0.15, -0.1) is 5.10 Å². The van der Waals surface area contributed by atoms with Crippen LogP contribution in [0.15, 0.2) is 24.4 Å². The standard InChI is InChI=1S/C21H24N6O3.C2HF3O2/c1-21(8-3-9-25(21)2)17-12-27(24-23-17)14-4-5-15-13(10-14)11-26(20(15)30)16-6-7-18(28)22-19(16)29;3-2(4,5)1(6)7/h4-5,10,12,16H,3,6-9,11H2,1-2H3,(H,22,28,29);(H,6,7)/t16?,21-;/m0./s1. The van der Waals surface area contributed by atoms with E-state index in [4.69, 9.17) is 9.90 Å². The van der Waals surface area contributed by atoms with Crippen molar-refractivity contribution in [3.63, 3.8) is 0 Å². The second-order valence-corrected chi connectivity index (χ2v) is 9.39. The summed E-state index contributed by atoms with van der Waals surface area (Å²) in [7, 11) is 2.11. The van der Waals surface area contributed by atoms with Gasteiger partial charge in [0.15, 0.2) is 0 Å². The first-order chi connectivity index (χ1) is 17.3. The Labute approximate surface area is 209 Å². The molecule has 2 atom stereocenters. The molecule has 1 aromatic carbocycles. The van der Waals surface area contributed by atoms with Crippen LogP contribution in [0.1, 0.15) is 54.2 Å². The highest BCUT2D eigenvalue weighted by Crippen LogP contribution is 2.36. The molecule has 0 spiro atoms. The minimum Gasteiger partial charge on any atom is -0.475 e. The van der Waals surface area contributed by atoms with Crippen molar-refractivity contribution in [3.05, 3.63) is 41.2 Å². The van der Waals surface area contributed by atoms with Crippen LogP contribution in [0.25, 0.3) is 5.69 Å². The lowest BCUT2D eigenvalue weighted by Gasteiger charge is -2.29. The van der Waals surface area contributed by atoms with Gasteiger partial charge in [-0.1, -0.05) is 5.21 Å². The number of hydrogen-bond donors (Lipinski definition) is 2. The molecule has 3 aliphatic heterocycles. The number of amides is 3. The fourth-order valence-electron chi connectivity index (χ4n) is 4.76. The van der Waals surface area contributed by atoms with Gasteiger partial charge in [0.2, 0.25) is 11.8 Å². The number of halogens is 3. The van der Waals surface area contributed by atoms with E-state index < -0.39 is 24.1 Å². The third-order valence-electron chi connectivity index (χ3n) is 7.06. The van der Waals surface area contributed by atoms with Crippen molar-refractivity contribution >= 4 is 23.7 Å². The van der Waals surface area contributed by atoms with Crippen molar-refractivity contribution in [2.75, 3.05) is 13.6 Å². The van der Waals surface area contributed by atoms with Crippen molar-refractivity contribution in [1.82, 2.24) is 30.1 Å². The molecule has 2 aromatic rings. The van der Waals surface area contributed by atoms with Gasteiger partial charge in [0, 0.05) is 18.5 Å². The molecule has 3 aliphatic rings. The summed E-state index contributed by atoms with van der Waals surface area (Å²) in [5.74, 6) is -3.62. The predicted molar refractivity (Wildman–Crippen MR) is 120 cm³/mol. The minimum atomic E-state index is -5.08. The summed E-state index contributed by atoms with van der Waals surface area (Å²) < 4.78 is 33.5. The van der Waals surface area contributed by atoms with E-state index in [0.29, 0.717) is 18.5 Å². The molecular formula is C23H25F3N6O5. The van der Waals surface area contributed by atoms with Crippen LogP contribution in [0.3, 0.4) is 0 Å². The molecule has 0 radical (unpaired) electrons. The number of imide groups is 1. The molecule has 4 heterocycles. The summed E-state index contributed by atoms with van der Waals surface area (Å²) in [6.07, 6.45) is -0.344. The number of carbonyl (C=O) groups is 4. The summed E-state index contributed by atoms with van der Waals surface area (Å²) in [5, 5.41) is 18.2. The molecule has 2 fully saturated rings. The number of alkyl halides is 3. The molecule has 0 aliphatic carbocycles. The van der Waals surface area contributed by atoms with E-state index >= 15 is 0 Å². The fraction of sp³-hybridized carbons (Fsp3) is 0.478. The number of nitrogens with zero attached hydrogens (tertiary/aromatic N) is 5. The molecule has 2 saturated heterocycles. The Bertz CT molecular complexity index is 1260. The molecule has 1 aromatic heterocycles. The molecular weight excluding hydrogens is 497 g/mol. The Kier molecular flexibility index (Phi) is 6.79. The number of carbonyl (C=O) groups excluding carboxylic acids is 3. The quantitative estimate of drug-likeness (QED) is 0.580. The van der Waals surface area contributed by atoms with Gasteiger partial charge >= 0.3 is 12.1 Å². The van der Waals surface area contributed by atoms with Crippen LogP contribution >= 0.6 is 0 Å². The summed E-state index contributed by atoms with van der Waals surface area (Å²) in [6, 6.07) is 4.95. The predicted octanol–water partition coefficient (Wildman–Crippen LogP) is 1.60. The number of piperidine rings is 1. The minimum absolute atomic E-state index is 0.118. The molecule has 5 rings (SSSR count). The second-order valence-electron chi connectivity index (χ2n) is 9.39. The number of aromatic nitrogens is 3. The van der Waals surface area contributed by atoms with Crippen LogP contribution in [0.5, 0.6) is 0 Å². The molecule has 1 unspecified atom stereocenters. The lowest BCUT2D eigenvalue weighted by atomic mass is 9.95. The molecule has 2 N–H and O–H groups in total. The van der Waals surface area contributed by atoms with Crippen molar-refractivity contribution in [2.45, 2.75) is 56.9 Å². The molecule has 11 nitrogen and oxygen atoms in total. The Morgan fingerprint density at radius 1 is 1.24 bits per heavy atom. The highest BCUT2D eigenvalue weighted by Gasteiger charge is 2.40. The highest BCUT2D eigenvalue weighted by molar-refractivity contribution is 6.05. The number of rotatable bonds is 3. The van der Waals surface area contributed by atoms with Gasteiger partial charge < -0.3 is 10.0 Å². The summed E-state index contributed by atoms with van der Waals surface area (Å²) in [5.41, 5.74) is 3.08. The SMILES string of the molecule is CN1CCC[C@@]1(C)c1cn(-c2ccc3c(c2)CN(C2CCC(=O)NC2=O)C3=O)nn1.O=C(O)C(F)(F)F. The first-order valence-corrected chi connectivity index (χ1v) is 11.5. The van der Waals surface area contributed by atoms with Crippen LogP contribution in [0.4, 0.5) is 13.2 Å². The Hall–Kier alpha value is -3.81. The van der Waals surface area contributed by atoms with Gasteiger partial charge in [0.25, 0.3) is 5.91 Å². The van der Waals surface area contributed by atoms with E-state index in [2.05, 4.69) is 34.5 Å². The van der Waals surface area contributed by atoms with Gasteiger partial charge in [-0.25, -0.2) is 9.48 Å². The van der Waals surface area contributed by atoms with E-state index in [-0.39, 0.29) is 23.8 Å². The summed E-state index contributed by atoms with van der Waals surface area (Å²) in [6.45, 7) is 3.57. The normalized spacial score (nSPS) is 24.0. The number of benzene rings is 1. The smallest absolute Gasteiger partial charge is 0.475 e. The Balaban J connectivity index is 0.000000405. The molecule has 0 bridgehead atoms. The topological polar surface area (TPSA) is 138 Å². The van der Waals surface area contributed by atoms with Crippen molar-refractivity contribution < 1.29 is 37.5 Å². The zero-order valence-corrected chi connectivity index (χ0v) is 20.1. The number of hydrogen-bond acceptors (Lipinski definition) is 7. The number of carboxylic acid groups (broad SMARTS) is 1. The molecule has 14 heteroatoms. The number of aliphatic carboxylic acids is 1. The van der Waals surface area contributed by atoms with Crippen molar-refractivity contribution in [2.24, 2.45) is 0 Å². The zero-order valence-electron chi connectivity index (χ0n) is 20.1. The summed E-state index contributed by atoms with van der Waals surface area (Å²) >= 11 is 0. The van der Waals surface area contributed by atoms with E-state index in [1.165, 1.54) is 0 Å². The van der Waals surface area contributed by atoms with Crippen LogP contribution in [-0.2, 0) is 26.5 Å². The lowest BCUT2D eigenvalue weighted by molar-refractivity contribution is -0.192. The summed E-state index contributed by atoms with van der Waals surface area (Å²) in [4.78, 5) is 49.2. The number of nitrogens with one attached hydrogen (secondary N) is 1. The number of likely N-dealkylation sites (tertiary alicyclic amines) is 1. The van der Waals surface area contributed by atoms with Gasteiger partial charge in [0.05, 0.1) is 17.4 Å². The fourth-order valence-corrected chi connectivity index (χ4v) is 4.76. The monoisotopic (exact) mass is 522 g/mol. The van der Waals surface area contributed by atoms with Crippen LogP contribution in [0, 0.1) is 0 Å². The van der Waals surface area contributed by atoms with E-state index in [0.717, 1.165) is 36.3 Å². The third-order valence-corrected chi connectivity index (χ3v) is 7.06. The maximum Gasteiger partial charge on any atom is 0.490 e. The van der Waals surface area contributed by atoms with Crippen LogP contribution < -0.4 is 5.32 Å².